The predicted octanol–water partition coefficient (Wildman–Crippen LogP) is 22.0. The van der Waals surface area contributed by atoms with Crippen LogP contribution in [0.1, 0.15) is 309 Å². The number of rotatable bonds is 64. The second kappa shape index (κ2) is 64.6. The molecule has 9 heteroatoms. The summed E-state index contributed by atoms with van der Waals surface area (Å²) in [4.78, 5) is 25.7. The van der Waals surface area contributed by atoms with Crippen molar-refractivity contribution >= 4 is 13.7 Å². The zero-order valence-corrected chi connectivity index (χ0v) is 56.5. The van der Waals surface area contributed by atoms with Crippen LogP contribution in [0.5, 0.6) is 0 Å². The SMILES string of the molecule is CC/C=C\C/C=C\C/C=C\C/C=C\C/C=C\C/C=C\C/C=C\C/C=C\C/C=C\CCCCCCCCCCCCCCCC(=O)NC(COP(=O)([O-])OCC[N+](C)(C)C)C(O)CCCCCCCCCCCCCCCCCCCCCCC. The number of allylic oxidation sites excluding steroid dienone is 18. The molecule has 0 aromatic carbocycles. The number of hydrogen-bond acceptors (Lipinski definition) is 6. The fourth-order valence-corrected chi connectivity index (χ4v) is 10.8. The Balaban J connectivity index is 4.03. The average molecular weight is 1190 g/mol. The molecule has 0 aliphatic rings. The number of aliphatic hydroxyl groups excluding tert-OH is 1. The van der Waals surface area contributed by atoms with E-state index in [1.807, 2.05) is 21.1 Å². The fraction of sp³-hybridized carbons (Fsp3) is 0.747. The van der Waals surface area contributed by atoms with Gasteiger partial charge in [0.05, 0.1) is 39.9 Å². The van der Waals surface area contributed by atoms with Crippen molar-refractivity contribution in [1.82, 2.24) is 5.32 Å². The maximum absolute atomic E-state index is 13.1. The van der Waals surface area contributed by atoms with E-state index in [2.05, 4.69) is 129 Å². The van der Waals surface area contributed by atoms with E-state index in [0.717, 1.165) is 96.3 Å². The molecule has 0 fully saturated rings. The van der Waals surface area contributed by atoms with Crippen LogP contribution in [-0.4, -0.2) is 68.5 Å². The van der Waals surface area contributed by atoms with Gasteiger partial charge in [-0.2, -0.15) is 0 Å². The predicted molar refractivity (Wildman–Crippen MR) is 366 cm³/mol. The Morgan fingerprint density at radius 1 is 0.429 bits per heavy atom. The van der Waals surface area contributed by atoms with Gasteiger partial charge in [0.25, 0.3) is 7.82 Å². The minimum Gasteiger partial charge on any atom is -0.756 e. The van der Waals surface area contributed by atoms with Gasteiger partial charge in [0.1, 0.15) is 13.2 Å². The number of likely N-dealkylation sites (N-methyl/N-ethyl adjacent to an activating group) is 1. The number of nitrogens with one attached hydrogen (secondary N) is 1. The monoisotopic (exact) mass is 1190 g/mol. The van der Waals surface area contributed by atoms with E-state index in [1.165, 1.54) is 186 Å². The van der Waals surface area contributed by atoms with E-state index >= 15 is 0 Å². The summed E-state index contributed by atoms with van der Waals surface area (Å²) in [6, 6.07) is -0.808. The maximum atomic E-state index is 13.1. The van der Waals surface area contributed by atoms with Crippen molar-refractivity contribution < 1.29 is 32.9 Å². The van der Waals surface area contributed by atoms with Crippen molar-refractivity contribution in [2.45, 2.75) is 321 Å². The molecule has 0 aromatic heterocycles. The Kier molecular flexibility index (Phi) is 62.4. The molecule has 0 bridgehead atoms. The first kappa shape index (κ1) is 81.2. The number of carbonyl (C=O) groups excluding carboxylic acids is 1. The lowest BCUT2D eigenvalue weighted by atomic mass is 10.0. The van der Waals surface area contributed by atoms with Gasteiger partial charge in [-0.05, 0) is 83.5 Å². The Bertz CT molecular complexity index is 1740. The minimum absolute atomic E-state index is 0.00915. The molecule has 2 N–H and O–H groups in total. The molecule has 0 saturated carbocycles. The topological polar surface area (TPSA) is 108 Å². The molecule has 0 aliphatic carbocycles. The third-order valence-corrected chi connectivity index (χ3v) is 16.5. The summed E-state index contributed by atoms with van der Waals surface area (Å²) in [5.74, 6) is -0.166. The zero-order chi connectivity index (χ0) is 61.2. The van der Waals surface area contributed by atoms with E-state index in [4.69, 9.17) is 9.05 Å². The zero-order valence-electron chi connectivity index (χ0n) is 55.6. The third kappa shape index (κ3) is 66.7. The molecule has 3 atom stereocenters. The molecular weight excluding hydrogens is 1060 g/mol. The molecule has 0 heterocycles. The highest BCUT2D eigenvalue weighted by Crippen LogP contribution is 2.38. The molecule has 0 saturated heterocycles. The van der Waals surface area contributed by atoms with Crippen LogP contribution in [0.4, 0.5) is 0 Å². The van der Waals surface area contributed by atoms with Gasteiger partial charge in [0.2, 0.25) is 5.91 Å². The summed E-state index contributed by atoms with van der Waals surface area (Å²) in [6.07, 6.45) is 94.4. The quantitative estimate of drug-likeness (QED) is 0.0272. The molecule has 0 rings (SSSR count). The van der Waals surface area contributed by atoms with Crippen molar-refractivity contribution in [3.05, 3.63) is 109 Å². The first-order chi connectivity index (χ1) is 41.0. The molecule has 0 aliphatic heterocycles. The van der Waals surface area contributed by atoms with Crippen molar-refractivity contribution in [3.8, 4) is 0 Å². The second-order valence-electron chi connectivity index (χ2n) is 24.9. The number of unbranched alkanes of at least 4 members (excludes halogenated alkanes) is 33. The number of phosphoric acid groups is 1. The highest BCUT2D eigenvalue weighted by molar-refractivity contribution is 7.45. The molecule has 0 aromatic rings. The number of hydrogen-bond donors (Lipinski definition) is 2. The molecule has 0 spiro atoms. The Hall–Kier alpha value is -2.84. The van der Waals surface area contributed by atoms with Gasteiger partial charge in [0, 0.05) is 6.42 Å². The molecule has 486 valence electrons. The second-order valence-corrected chi connectivity index (χ2v) is 26.3. The van der Waals surface area contributed by atoms with Crippen LogP contribution < -0.4 is 10.2 Å². The molecular formula is C75H135N2O6P. The third-order valence-electron chi connectivity index (χ3n) is 15.5. The van der Waals surface area contributed by atoms with E-state index in [-0.39, 0.29) is 19.1 Å². The number of nitrogens with zero attached hydrogens (tertiary/aromatic N) is 1. The van der Waals surface area contributed by atoms with Crippen molar-refractivity contribution in [3.63, 3.8) is 0 Å². The smallest absolute Gasteiger partial charge is 0.268 e. The summed E-state index contributed by atoms with van der Waals surface area (Å²) < 4.78 is 23.5. The summed E-state index contributed by atoms with van der Waals surface area (Å²) in [5.41, 5.74) is 0. The lowest BCUT2D eigenvalue weighted by Gasteiger charge is -2.30. The highest BCUT2D eigenvalue weighted by Gasteiger charge is 2.24. The fourth-order valence-electron chi connectivity index (χ4n) is 10.1. The van der Waals surface area contributed by atoms with E-state index in [0.29, 0.717) is 23.9 Å². The van der Waals surface area contributed by atoms with Crippen molar-refractivity contribution in [2.24, 2.45) is 0 Å². The van der Waals surface area contributed by atoms with E-state index in [1.54, 1.807) is 0 Å². The lowest BCUT2D eigenvalue weighted by molar-refractivity contribution is -0.870. The Labute approximate surface area is 521 Å². The number of phosphoric ester groups is 1. The normalized spacial score (nSPS) is 14.3. The van der Waals surface area contributed by atoms with Gasteiger partial charge >= 0.3 is 0 Å². The Morgan fingerprint density at radius 2 is 0.726 bits per heavy atom. The maximum Gasteiger partial charge on any atom is 0.268 e. The van der Waals surface area contributed by atoms with Gasteiger partial charge in [-0.3, -0.25) is 9.36 Å². The number of aliphatic hydroxyl groups is 1. The van der Waals surface area contributed by atoms with Gasteiger partial charge in [0.15, 0.2) is 0 Å². The van der Waals surface area contributed by atoms with Crippen LogP contribution >= 0.6 is 7.82 Å². The summed E-state index contributed by atoms with van der Waals surface area (Å²) in [6.45, 7) is 4.63. The van der Waals surface area contributed by atoms with E-state index < -0.39 is 20.0 Å². The van der Waals surface area contributed by atoms with Gasteiger partial charge < -0.3 is 28.8 Å². The number of carbonyl (C=O) groups is 1. The van der Waals surface area contributed by atoms with Gasteiger partial charge in [-0.15, -0.1) is 0 Å². The molecule has 0 radical (unpaired) electrons. The summed E-state index contributed by atoms with van der Waals surface area (Å²) in [5, 5.41) is 14.1. The van der Waals surface area contributed by atoms with Crippen LogP contribution in [0.15, 0.2) is 109 Å². The molecule has 1 amide bonds. The van der Waals surface area contributed by atoms with Crippen LogP contribution in [0.3, 0.4) is 0 Å². The van der Waals surface area contributed by atoms with Crippen LogP contribution in [0, 0.1) is 0 Å². The largest absolute Gasteiger partial charge is 0.756 e. The average Bonchev–Trinajstić information content (AvgIpc) is 3.56. The molecule has 84 heavy (non-hydrogen) atoms. The van der Waals surface area contributed by atoms with Crippen LogP contribution in [0.2, 0.25) is 0 Å². The van der Waals surface area contributed by atoms with Crippen LogP contribution in [-0.2, 0) is 18.4 Å². The van der Waals surface area contributed by atoms with E-state index in [9.17, 15) is 19.4 Å². The van der Waals surface area contributed by atoms with Gasteiger partial charge in [-0.1, -0.05) is 329 Å². The van der Waals surface area contributed by atoms with Crippen molar-refractivity contribution in [1.29, 1.82) is 0 Å². The van der Waals surface area contributed by atoms with Crippen molar-refractivity contribution in [2.75, 3.05) is 40.9 Å². The minimum atomic E-state index is -4.58. The Morgan fingerprint density at radius 3 is 1.06 bits per heavy atom. The number of amides is 1. The standard InChI is InChI=1S/C75H135N2O6P/c1-6-8-10-12-14-16-18-20-22-24-26-28-29-30-31-32-33-34-35-36-37-38-39-40-41-42-43-44-45-46-47-49-51-53-55-57-59-61-63-65-67-69-75(79)76-73(72-83-84(80,81)82-71-70-77(3,4)5)74(78)68-66-64-62-60-58-56-54-52-50-48-27-25-23-21-19-17-15-13-11-9-7-2/h8,10,14,16,20,22,26,28,30-31,33-34,36-37,39-40,42-43,73-74,78H,6-7,9,11-13,15,17-19,21,23-25,27,29,32,35,38,41,44-72H2,1-5H3,(H-,76,79,80,81)/b10-8-,16-14-,22-20-,28-26-,31-30-,34-33-,37-36-,40-39-,43-42-. The van der Waals surface area contributed by atoms with Crippen LogP contribution in [0.25, 0.3) is 0 Å². The number of quaternary nitrogens is 1. The summed E-state index contributed by atoms with van der Waals surface area (Å²) >= 11 is 0. The molecule has 8 nitrogen and oxygen atoms in total. The first-order valence-electron chi connectivity index (χ1n) is 35.2. The van der Waals surface area contributed by atoms with Gasteiger partial charge in [-0.25, -0.2) is 0 Å². The first-order valence-corrected chi connectivity index (χ1v) is 36.7. The molecule has 3 unspecified atom stereocenters. The highest BCUT2D eigenvalue weighted by atomic mass is 31.2. The lowest BCUT2D eigenvalue weighted by Crippen LogP contribution is -2.46. The summed E-state index contributed by atoms with van der Waals surface area (Å²) in [7, 11) is 1.30.